The topological polar surface area (TPSA) is 142 Å². The third-order valence-corrected chi connectivity index (χ3v) is 6.51. The molecule has 192 valence electrons. The van der Waals surface area contributed by atoms with Crippen molar-refractivity contribution >= 4 is 29.1 Å². The highest BCUT2D eigenvalue weighted by Gasteiger charge is 2.31. The van der Waals surface area contributed by atoms with Crippen LogP contribution in [0.3, 0.4) is 0 Å². The first-order valence-corrected chi connectivity index (χ1v) is 12.1. The second-order valence-corrected chi connectivity index (χ2v) is 8.76. The van der Waals surface area contributed by atoms with E-state index in [4.69, 9.17) is 14.2 Å². The standard InChI is InChI=1S/C25H23N3O8S/c1-4-35-19-9-6-14(11-20(19)36-5-2)22-17(24(31)34-3)13-26-25-27(22)23(30)21(37-25)12-15-10-16(28(32)33)7-8-18(15)29/h6-13,22,29H,4-5H2,1-3H3/b21-12+/t22-/m0/s1. The number of phenolic OH excluding ortho intramolecular Hbond substituents is 1. The van der Waals surface area contributed by atoms with Crippen molar-refractivity contribution in [2.24, 2.45) is 4.99 Å². The maximum absolute atomic E-state index is 13.6. The zero-order chi connectivity index (χ0) is 26.7. The predicted octanol–water partition coefficient (Wildman–Crippen LogP) is 2.43. The molecular weight excluding hydrogens is 502 g/mol. The summed E-state index contributed by atoms with van der Waals surface area (Å²) in [6.45, 7) is 4.47. The number of hydrogen-bond acceptors (Lipinski definition) is 10. The van der Waals surface area contributed by atoms with E-state index in [1.54, 1.807) is 18.2 Å². The number of benzene rings is 2. The van der Waals surface area contributed by atoms with E-state index in [1.807, 2.05) is 13.8 Å². The molecule has 12 heteroatoms. The van der Waals surface area contributed by atoms with Crippen LogP contribution < -0.4 is 24.4 Å². The van der Waals surface area contributed by atoms with Crippen LogP contribution in [0.1, 0.15) is 31.0 Å². The number of nitro groups is 1. The first kappa shape index (κ1) is 25.6. The van der Waals surface area contributed by atoms with E-state index in [2.05, 4.69) is 4.99 Å². The van der Waals surface area contributed by atoms with Gasteiger partial charge in [-0.1, -0.05) is 17.4 Å². The minimum absolute atomic E-state index is 0.0999. The fourth-order valence-electron chi connectivity index (χ4n) is 3.90. The lowest BCUT2D eigenvalue weighted by Crippen LogP contribution is -2.39. The van der Waals surface area contributed by atoms with Crippen LogP contribution >= 0.6 is 11.3 Å². The Hall–Kier alpha value is -4.45. The predicted molar refractivity (Wildman–Crippen MR) is 135 cm³/mol. The molecule has 2 aromatic carbocycles. The van der Waals surface area contributed by atoms with Gasteiger partial charge in [-0.05, 0) is 43.7 Å². The van der Waals surface area contributed by atoms with Crippen LogP contribution in [0, 0.1) is 10.1 Å². The normalized spacial score (nSPS) is 14.8. The monoisotopic (exact) mass is 525 g/mol. The summed E-state index contributed by atoms with van der Waals surface area (Å²) in [4.78, 5) is 41.4. The van der Waals surface area contributed by atoms with Crippen LogP contribution in [0.4, 0.5) is 5.69 Å². The Bertz CT molecular complexity index is 1590. The summed E-state index contributed by atoms with van der Waals surface area (Å²) in [5.41, 5.74) is 0.0556. The number of phenols is 1. The molecule has 1 atom stereocenters. The fourth-order valence-corrected chi connectivity index (χ4v) is 4.86. The number of esters is 1. The first-order chi connectivity index (χ1) is 17.8. The number of carbonyl (C=O) groups is 1. The van der Waals surface area contributed by atoms with Crippen molar-refractivity contribution in [3.8, 4) is 17.2 Å². The van der Waals surface area contributed by atoms with Crippen LogP contribution in [-0.4, -0.2) is 40.9 Å². The number of nitro benzene ring substituents is 1. The Morgan fingerprint density at radius 3 is 2.59 bits per heavy atom. The fraction of sp³-hybridized carbons (Fsp3) is 0.240. The Morgan fingerprint density at radius 1 is 1.19 bits per heavy atom. The number of methoxy groups -OCH3 is 1. The maximum atomic E-state index is 13.6. The summed E-state index contributed by atoms with van der Waals surface area (Å²) in [5, 5.41) is 21.4. The van der Waals surface area contributed by atoms with Crippen molar-refractivity contribution < 1.29 is 29.0 Å². The molecule has 37 heavy (non-hydrogen) atoms. The molecule has 1 aliphatic heterocycles. The molecule has 0 unspecified atom stereocenters. The molecule has 0 fully saturated rings. The summed E-state index contributed by atoms with van der Waals surface area (Å²) in [6, 6.07) is 7.77. The van der Waals surface area contributed by atoms with Crippen LogP contribution in [0.2, 0.25) is 0 Å². The Balaban J connectivity index is 1.92. The molecule has 1 aromatic heterocycles. The lowest BCUT2D eigenvalue weighted by atomic mass is 9.97. The molecule has 1 N–H and O–H groups in total. The Morgan fingerprint density at radius 2 is 1.92 bits per heavy atom. The molecule has 2 heterocycles. The van der Waals surface area contributed by atoms with Crippen LogP contribution in [0.5, 0.6) is 17.2 Å². The highest BCUT2D eigenvalue weighted by molar-refractivity contribution is 7.07. The van der Waals surface area contributed by atoms with Gasteiger partial charge in [0, 0.05) is 23.9 Å². The maximum Gasteiger partial charge on any atom is 0.337 e. The zero-order valence-corrected chi connectivity index (χ0v) is 21.0. The number of aromatic hydroxyl groups is 1. The van der Waals surface area contributed by atoms with Crippen molar-refractivity contribution in [1.29, 1.82) is 0 Å². The van der Waals surface area contributed by atoms with Crippen LogP contribution in [0.25, 0.3) is 6.08 Å². The lowest BCUT2D eigenvalue weighted by molar-refractivity contribution is -0.384. The highest BCUT2D eigenvalue weighted by atomic mass is 32.1. The lowest BCUT2D eigenvalue weighted by Gasteiger charge is -2.23. The van der Waals surface area contributed by atoms with Gasteiger partial charge in [-0.3, -0.25) is 19.5 Å². The van der Waals surface area contributed by atoms with E-state index in [-0.39, 0.29) is 27.1 Å². The SMILES string of the molecule is CCOc1ccc([C@H]2C(C(=O)OC)=CN=c3s/c(=C/c4cc([N+](=O)[O-])ccc4O)c(=O)n32)cc1OCC. The molecule has 0 bridgehead atoms. The molecule has 0 spiro atoms. The van der Waals surface area contributed by atoms with Gasteiger partial charge in [0.15, 0.2) is 16.3 Å². The molecule has 1 aliphatic rings. The highest BCUT2D eigenvalue weighted by Crippen LogP contribution is 2.35. The van der Waals surface area contributed by atoms with Crippen molar-refractivity contribution in [3.05, 3.63) is 89.1 Å². The average molecular weight is 526 g/mol. The summed E-state index contributed by atoms with van der Waals surface area (Å²) < 4.78 is 17.8. The minimum Gasteiger partial charge on any atom is -0.507 e. The Kier molecular flexibility index (Phi) is 7.39. The number of thiazole rings is 1. The van der Waals surface area contributed by atoms with Crippen molar-refractivity contribution in [3.63, 3.8) is 0 Å². The van der Waals surface area contributed by atoms with Crippen LogP contribution in [0.15, 0.2) is 58.0 Å². The Labute approximate surface area is 214 Å². The number of fused-ring (bicyclic) bond motifs is 1. The van der Waals surface area contributed by atoms with E-state index in [1.165, 1.54) is 42.2 Å². The second kappa shape index (κ2) is 10.7. The van der Waals surface area contributed by atoms with E-state index in [0.29, 0.717) is 35.1 Å². The molecule has 11 nitrogen and oxygen atoms in total. The summed E-state index contributed by atoms with van der Waals surface area (Å²) >= 11 is 1.02. The van der Waals surface area contributed by atoms with Gasteiger partial charge in [-0.2, -0.15) is 0 Å². The van der Waals surface area contributed by atoms with Gasteiger partial charge in [0.1, 0.15) is 5.75 Å². The van der Waals surface area contributed by atoms with Crippen LogP contribution in [-0.2, 0) is 9.53 Å². The quantitative estimate of drug-likeness (QED) is 0.268. The molecule has 0 saturated heterocycles. The van der Waals surface area contributed by atoms with Crippen molar-refractivity contribution in [2.75, 3.05) is 20.3 Å². The van der Waals surface area contributed by atoms with E-state index in [0.717, 1.165) is 11.3 Å². The summed E-state index contributed by atoms with van der Waals surface area (Å²) in [6.07, 6.45) is 2.71. The number of carbonyl (C=O) groups excluding carboxylic acids is 1. The van der Waals surface area contributed by atoms with Gasteiger partial charge in [0.25, 0.3) is 11.2 Å². The van der Waals surface area contributed by atoms with Crippen molar-refractivity contribution in [1.82, 2.24) is 4.57 Å². The van der Waals surface area contributed by atoms with Gasteiger partial charge >= 0.3 is 5.97 Å². The molecule has 0 aliphatic carbocycles. The molecule has 0 amide bonds. The third kappa shape index (κ3) is 4.96. The molecule has 4 rings (SSSR count). The van der Waals surface area contributed by atoms with Gasteiger partial charge in [0.2, 0.25) is 0 Å². The van der Waals surface area contributed by atoms with Crippen molar-refractivity contribution in [2.45, 2.75) is 19.9 Å². The smallest absolute Gasteiger partial charge is 0.337 e. The molecular formula is C25H23N3O8S. The number of hydrogen-bond donors (Lipinski definition) is 1. The number of nitrogens with zero attached hydrogens (tertiary/aromatic N) is 3. The average Bonchev–Trinajstić information content (AvgIpc) is 3.20. The minimum atomic E-state index is -0.889. The number of non-ortho nitro benzene ring substituents is 1. The second-order valence-electron chi connectivity index (χ2n) is 7.75. The summed E-state index contributed by atoms with van der Waals surface area (Å²) in [5.74, 6) is 0.0827. The van der Waals surface area contributed by atoms with Gasteiger partial charge in [-0.15, -0.1) is 0 Å². The first-order valence-electron chi connectivity index (χ1n) is 11.2. The zero-order valence-electron chi connectivity index (χ0n) is 20.2. The van der Waals surface area contributed by atoms with Gasteiger partial charge in [0.05, 0.1) is 41.4 Å². The largest absolute Gasteiger partial charge is 0.507 e. The van der Waals surface area contributed by atoms with Gasteiger partial charge in [-0.25, -0.2) is 9.79 Å². The molecule has 3 aromatic rings. The summed E-state index contributed by atoms with van der Waals surface area (Å²) in [7, 11) is 1.24. The number of rotatable bonds is 8. The van der Waals surface area contributed by atoms with E-state index < -0.39 is 22.5 Å². The molecule has 0 radical (unpaired) electrons. The van der Waals surface area contributed by atoms with E-state index in [9.17, 15) is 24.8 Å². The van der Waals surface area contributed by atoms with E-state index >= 15 is 0 Å². The van der Waals surface area contributed by atoms with Gasteiger partial charge < -0.3 is 19.3 Å². The molecule has 0 saturated carbocycles. The number of ether oxygens (including phenoxy) is 3. The third-order valence-electron chi connectivity index (χ3n) is 5.52. The number of aromatic nitrogens is 1.